The minimum Gasteiger partial charge on any atom is -0.483 e. The SMILES string of the molecule is NC(=O)CNC(=O)COc1ccccc1C(N)=O. The summed E-state index contributed by atoms with van der Waals surface area (Å²) in [6, 6.07) is 6.27. The van der Waals surface area contributed by atoms with Gasteiger partial charge in [-0.3, -0.25) is 14.4 Å². The molecule has 0 fully saturated rings. The van der Waals surface area contributed by atoms with Gasteiger partial charge in [0.1, 0.15) is 5.75 Å². The third kappa shape index (κ3) is 4.12. The maximum absolute atomic E-state index is 11.2. The van der Waals surface area contributed by atoms with E-state index in [4.69, 9.17) is 16.2 Å². The molecule has 0 aromatic heterocycles. The topological polar surface area (TPSA) is 125 Å². The van der Waals surface area contributed by atoms with E-state index in [1.807, 2.05) is 0 Å². The van der Waals surface area contributed by atoms with Crippen molar-refractivity contribution in [1.29, 1.82) is 0 Å². The van der Waals surface area contributed by atoms with Crippen LogP contribution in [0.5, 0.6) is 5.75 Å². The van der Waals surface area contributed by atoms with E-state index in [1.54, 1.807) is 12.1 Å². The van der Waals surface area contributed by atoms with Crippen LogP contribution >= 0.6 is 0 Å². The standard InChI is InChI=1S/C11H13N3O4/c12-9(15)5-14-10(16)6-18-8-4-2-1-3-7(8)11(13)17/h1-4H,5-6H2,(H2,12,15)(H2,13,17)(H,14,16). The predicted molar refractivity (Wildman–Crippen MR) is 62.7 cm³/mol. The zero-order valence-corrected chi connectivity index (χ0v) is 9.51. The lowest BCUT2D eigenvalue weighted by Crippen LogP contribution is -2.36. The Bertz CT molecular complexity index is 473. The Morgan fingerprint density at radius 2 is 1.83 bits per heavy atom. The molecule has 18 heavy (non-hydrogen) atoms. The second-order valence-electron chi connectivity index (χ2n) is 3.39. The number of carbonyl (C=O) groups excluding carboxylic acids is 3. The van der Waals surface area contributed by atoms with Crippen molar-refractivity contribution in [2.75, 3.05) is 13.2 Å². The summed E-state index contributed by atoms with van der Waals surface area (Å²) in [7, 11) is 0. The van der Waals surface area contributed by atoms with Crippen LogP contribution in [-0.4, -0.2) is 30.9 Å². The van der Waals surface area contributed by atoms with Crippen molar-refractivity contribution in [3.63, 3.8) is 0 Å². The largest absolute Gasteiger partial charge is 0.483 e. The molecule has 1 aromatic rings. The van der Waals surface area contributed by atoms with Gasteiger partial charge in [0.25, 0.3) is 11.8 Å². The normalized spacial score (nSPS) is 9.56. The number of carbonyl (C=O) groups is 3. The van der Waals surface area contributed by atoms with Crippen molar-refractivity contribution in [2.45, 2.75) is 0 Å². The first kappa shape index (κ1) is 13.5. The molecule has 7 nitrogen and oxygen atoms in total. The molecule has 0 aliphatic rings. The van der Waals surface area contributed by atoms with Gasteiger partial charge in [0.2, 0.25) is 5.91 Å². The summed E-state index contributed by atoms with van der Waals surface area (Å²) in [5, 5.41) is 2.25. The summed E-state index contributed by atoms with van der Waals surface area (Å²) in [5.74, 6) is -1.61. The number of para-hydroxylation sites is 1. The fraction of sp³-hybridized carbons (Fsp3) is 0.182. The third-order valence-corrected chi connectivity index (χ3v) is 1.97. The fourth-order valence-corrected chi connectivity index (χ4v) is 1.18. The molecule has 0 aliphatic carbocycles. The Morgan fingerprint density at radius 1 is 1.17 bits per heavy atom. The average Bonchev–Trinajstić information content (AvgIpc) is 2.34. The van der Waals surface area contributed by atoms with Crippen molar-refractivity contribution in [2.24, 2.45) is 11.5 Å². The molecule has 0 heterocycles. The number of hydrogen-bond acceptors (Lipinski definition) is 4. The first-order valence-electron chi connectivity index (χ1n) is 5.07. The van der Waals surface area contributed by atoms with Crippen LogP contribution in [0.25, 0.3) is 0 Å². The number of benzene rings is 1. The molecule has 0 bridgehead atoms. The van der Waals surface area contributed by atoms with Crippen LogP contribution < -0.4 is 21.5 Å². The summed E-state index contributed by atoms with van der Waals surface area (Å²) >= 11 is 0. The van der Waals surface area contributed by atoms with Crippen LogP contribution in [0.1, 0.15) is 10.4 Å². The highest BCUT2D eigenvalue weighted by Crippen LogP contribution is 2.16. The summed E-state index contributed by atoms with van der Waals surface area (Å²) < 4.78 is 5.13. The minimum atomic E-state index is -0.652. The molecule has 7 heteroatoms. The average molecular weight is 251 g/mol. The van der Waals surface area contributed by atoms with Gasteiger partial charge in [-0.15, -0.1) is 0 Å². The Kier molecular flexibility index (Phi) is 4.67. The molecule has 5 N–H and O–H groups in total. The predicted octanol–water partition coefficient (Wildman–Crippen LogP) is -1.23. The van der Waals surface area contributed by atoms with Crippen molar-refractivity contribution < 1.29 is 19.1 Å². The molecular weight excluding hydrogens is 238 g/mol. The quantitative estimate of drug-likeness (QED) is 0.585. The third-order valence-electron chi connectivity index (χ3n) is 1.97. The number of hydrogen-bond donors (Lipinski definition) is 3. The zero-order valence-electron chi connectivity index (χ0n) is 9.51. The smallest absolute Gasteiger partial charge is 0.258 e. The lowest BCUT2D eigenvalue weighted by Gasteiger charge is -2.08. The van der Waals surface area contributed by atoms with Gasteiger partial charge in [0.15, 0.2) is 6.61 Å². The van der Waals surface area contributed by atoms with Gasteiger partial charge in [-0.05, 0) is 12.1 Å². The highest BCUT2D eigenvalue weighted by atomic mass is 16.5. The molecule has 1 aromatic carbocycles. The maximum Gasteiger partial charge on any atom is 0.258 e. The van der Waals surface area contributed by atoms with Crippen molar-refractivity contribution in [3.05, 3.63) is 29.8 Å². The Labute approximate surface area is 103 Å². The lowest BCUT2D eigenvalue weighted by molar-refractivity contribution is -0.126. The van der Waals surface area contributed by atoms with E-state index >= 15 is 0 Å². The summed E-state index contributed by atoms with van der Waals surface area (Å²) in [4.78, 5) is 32.7. The van der Waals surface area contributed by atoms with E-state index < -0.39 is 17.7 Å². The summed E-state index contributed by atoms with van der Waals surface area (Å²) in [5.41, 5.74) is 10.2. The van der Waals surface area contributed by atoms with Gasteiger partial charge in [-0.1, -0.05) is 12.1 Å². The second kappa shape index (κ2) is 6.24. The molecule has 3 amide bonds. The van der Waals surface area contributed by atoms with E-state index in [-0.39, 0.29) is 24.5 Å². The van der Waals surface area contributed by atoms with Crippen LogP contribution in [0, 0.1) is 0 Å². The maximum atomic E-state index is 11.2. The first-order valence-corrected chi connectivity index (χ1v) is 5.07. The highest BCUT2D eigenvalue weighted by Gasteiger charge is 2.10. The molecule has 0 spiro atoms. The fourth-order valence-electron chi connectivity index (χ4n) is 1.18. The number of primary amides is 2. The molecule has 0 saturated heterocycles. The van der Waals surface area contributed by atoms with Crippen LogP contribution in [0.3, 0.4) is 0 Å². The summed E-state index contributed by atoms with van der Waals surface area (Å²) in [6.07, 6.45) is 0. The Morgan fingerprint density at radius 3 is 2.44 bits per heavy atom. The van der Waals surface area contributed by atoms with Crippen LogP contribution in [0.4, 0.5) is 0 Å². The zero-order chi connectivity index (χ0) is 13.5. The van der Waals surface area contributed by atoms with Crippen LogP contribution in [-0.2, 0) is 9.59 Å². The van der Waals surface area contributed by atoms with Gasteiger partial charge in [-0.25, -0.2) is 0 Å². The van der Waals surface area contributed by atoms with Gasteiger partial charge in [0.05, 0.1) is 12.1 Å². The van der Waals surface area contributed by atoms with Crippen molar-refractivity contribution in [1.82, 2.24) is 5.32 Å². The van der Waals surface area contributed by atoms with Crippen molar-refractivity contribution in [3.8, 4) is 5.75 Å². The molecular formula is C11H13N3O4. The van der Waals surface area contributed by atoms with E-state index in [2.05, 4.69) is 5.32 Å². The van der Waals surface area contributed by atoms with Crippen LogP contribution in [0.2, 0.25) is 0 Å². The molecule has 0 saturated carbocycles. The monoisotopic (exact) mass is 251 g/mol. The number of ether oxygens (including phenoxy) is 1. The second-order valence-corrected chi connectivity index (χ2v) is 3.39. The van der Waals surface area contributed by atoms with Gasteiger partial charge in [-0.2, -0.15) is 0 Å². The van der Waals surface area contributed by atoms with E-state index in [1.165, 1.54) is 12.1 Å². The first-order chi connectivity index (χ1) is 8.50. The molecule has 0 atom stereocenters. The molecule has 0 aliphatic heterocycles. The minimum absolute atomic E-state index is 0.181. The van der Waals surface area contributed by atoms with E-state index in [0.29, 0.717) is 0 Å². The number of nitrogens with one attached hydrogen (secondary N) is 1. The summed E-state index contributed by atoms with van der Waals surface area (Å²) in [6.45, 7) is -0.600. The van der Waals surface area contributed by atoms with E-state index in [0.717, 1.165) is 0 Å². The molecule has 96 valence electrons. The number of nitrogens with two attached hydrogens (primary N) is 2. The Balaban J connectivity index is 2.56. The van der Waals surface area contributed by atoms with Gasteiger partial charge in [0, 0.05) is 0 Å². The highest BCUT2D eigenvalue weighted by molar-refractivity contribution is 5.95. The lowest BCUT2D eigenvalue weighted by atomic mass is 10.2. The molecule has 0 unspecified atom stereocenters. The Hall–Kier alpha value is -2.57. The number of rotatable bonds is 6. The molecule has 0 radical (unpaired) electrons. The van der Waals surface area contributed by atoms with Gasteiger partial charge < -0.3 is 21.5 Å². The van der Waals surface area contributed by atoms with Crippen molar-refractivity contribution >= 4 is 17.7 Å². The molecule has 1 rings (SSSR count). The number of amides is 3. The van der Waals surface area contributed by atoms with E-state index in [9.17, 15) is 14.4 Å². The van der Waals surface area contributed by atoms with Crippen LogP contribution in [0.15, 0.2) is 24.3 Å². The van der Waals surface area contributed by atoms with Gasteiger partial charge >= 0.3 is 0 Å².